The van der Waals surface area contributed by atoms with E-state index in [1.807, 2.05) is 0 Å². The van der Waals surface area contributed by atoms with Gasteiger partial charge in [0.2, 0.25) is 11.8 Å². The first-order valence-electron chi connectivity index (χ1n) is 8.75. The van der Waals surface area contributed by atoms with Crippen molar-refractivity contribution >= 4 is 23.5 Å². The van der Waals surface area contributed by atoms with Crippen molar-refractivity contribution in [1.29, 1.82) is 0 Å². The van der Waals surface area contributed by atoms with E-state index in [2.05, 4.69) is 15.6 Å². The molecule has 2 rings (SSSR count). The minimum atomic E-state index is -5.96. The molecule has 0 spiro atoms. The molecule has 30 heavy (non-hydrogen) atoms. The molecule has 0 aliphatic rings. The molecular weight excluding hydrogens is 416 g/mol. The number of halogens is 6. The zero-order valence-corrected chi connectivity index (χ0v) is 15.8. The van der Waals surface area contributed by atoms with E-state index in [1.54, 1.807) is 13.8 Å². The van der Waals surface area contributed by atoms with Gasteiger partial charge in [0.05, 0.1) is 5.56 Å². The molecule has 0 fully saturated rings. The van der Waals surface area contributed by atoms with Crippen molar-refractivity contribution in [2.45, 2.75) is 38.8 Å². The van der Waals surface area contributed by atoms with Crippen molar-refractivity contribution in [2.75, 3.05) is 10.6 Å². The van der Waals surface area contributed by atoms with E-state index in [4.69, 9.17) is 0 Å². The molecule has 0 unspecified atom stereocenters. The van der Waals surface area contributed by atoms with Gasteiger partial charge in [-0.05, 0) is 35.4 Å². The van der Waals surface area contributed by atoms with Crippen LogP contribution in [-0.2, 0) is 15.5 Å². The summed E-state index contributed by atoms with van der Waals surface area (Å²) in [4.78, 5) is 27.3. The minimum Gasteiger partial charge on any atom is -0.311 e. The Bertz CT molecular complexity index is 924. The van der Waals surface area contributed by atoms with Crippen molar-refractivity contribution in [3.05, 3.63) is 41.7 Å². The monoisotopic (exact) mass is 433 g/mol. The highest BCUT2D eigenvalue weighted by molar-refractivity contribution is 5.93. The highest BCUT2D eigenvalue weighted by Gasteiger charge is 2.59. The number of anilines is 2. The third-order valence-electron chi connectivity index (χ3n) is 4.00. The van der Waals surface area contributed by atoms with Gasteiger partial charge in [0, 0.05) is 12.8 Å². The number of hydrogen-bond donors (Lipinski definition) is 2. The molecule has 2 aromatic rings. The van der Waals surface area contributed by atoms with E-state index in [0.717, 1.165) is 6.07 Å². The second kappa shape index (κ2) is 8.72. The van der Waals surface area contributed by atoms with Gasteiger partial charge in [0.15, 0.2) is 0 Å². The van der Waals surface area contributed by atoms with Gasteiger partial charge in [-0.15, -0.1) is 0 Å². The van der Waals surface area contributed by atoms with E-state index in [9.17, 15) is 35.9 Å². The largest absolute Gasteiger partial charge is 0.458 e. The zero-order valence-electron chi connectivity index (χ0n) is 15.8. The van der Waals surface area contributed by atoms with Crippen molar-refractivity contribution in [2.24, 2.45) is 0 Å². The van der Waals surface area contributed by atoms with Crippen LogP contribution in [0.2, 0.25) is 0 Å². The second-order valence-corrected chi connectivity index (χ2v) is 6.20. The Hall–Kier alpha value is -3.11. The van der Waals surface area contributed by atoms with Crippen molar-refractivity contribution < 1.29 is 35.9 Å². The Morgan fingerprint density at radius 2 is 1.37 bits per heavy atom. The Morgan fingerprint density at radius 3 is 1.77 bits per heavy atom. The van der Waals surface area contributed by atoms with Crippen LogP contribution in [0.1, 0.15) is 32.3 Å². The number of rotatable bonds is 6. The molecular formula is C19H17F6N3O2. The quantitative estimate of drug-likeness (QED) is 0.613. The predicted octanol–water partition coefficient (Wildman–Crippen LogP) is 5.24. The number of carbonyl (C=O) groups excluding carboxylic acids is 2. The average molecular weight is 433 g/mol. The minimum absolute atomic E-state index is 0.0177. The molecule has 0 bridgehead atoms. The van der Waals surface area contributed by atoms with Gasteiger partial charge < -0.3 is 10.6 Å². The van der Waals surface area contributed by atoms with E-state index in [1.165, 1.54) is 12.1 Å². The maximum absolute atomic E-state index is 14.2. The first kappa shape index (κ1) is 23.2. The molecule has 0 radical (unpaired) electrons. The number of nitrogens with zero attached hydrogens (tertiary/aromatic N) is 1. The number of pyridine rings is 1. The molecule has 1 heterocycles. The topological polar surface area (TPSA) is 71.1 Å². The van der Waals surface area contributed by atoms with Crippen LogP contribution in [0.25, 0.3) is 11.1 Å². The summed E-state index contributed by atoms with van der Waals surface area (Å²) in [5, 5.41) is 4.88. The van der Waals surface area contributed by atoms with E-state index < -0.39 is 35.3 Å². The van der Waals surface area contributed by atoms with Gasteiger partial charge in [-0.25, -0.2) is 9.37 Å². The summed E-state index contributed by atoms with van der Waals surface area (Å²) >= 11 is 0. The van der Waals surface area contributed by atoms with Crippen LogP contribution in [0.15, 0.2) is 30.3 Å². The molecule has 11 heteroatoms. The predicted molar refractivity (Wildman–Crippen MR) is 97.4 cm³/mol. The highest BCUT2D eigenvalue weighted by atomic mass is 19.4. The van der Waals surface area contributed by atoms with Crippen LogP contribution in [-0.4, -0.2) is 23.0 Å². The smallest absolute Gasteiger partial charge is 0.311 e. The van der Waals surface area contributed by atoms with Crippen LogP contribution >= 0.6 is 0 Å². The number of amides is 2. The Balaban J connectivity index is 2.52. The van der Waals surface area contributed by atoms with Crippen molar-refractivity contribution in [3.8, 4) is 11.1 Å². The lowest BCUT2D eigenvalue weighted by atomic mass is 10.0. The summed E-state index contributed by atoms with van der Waals surface area (Å²) in [7, 11) is 0. The Kier molecular flexibility index (Phi) is 6.73. The number of benzene rings is 1. The zero-order chi connectivity index (χ0) is 22.7. The van der Waals surface area contributed by atoms with Crippen LogP contribution < -0.4 is 10.6 Å². The number of carbonyl (C=O) groups is 2. The molecule has 2 amide bonds. The van der Waals surface area contributed by atoms with Gasteiger partial charge in [0.1, 0.15) is 17.5 Å². The number of nitrogens with one attached hydrogen (secondary N) is 2. The van der Waals surface area contributed by atoms with Gasteiger partial charge in [-0.1, -0.05) is 19.9 Å². The average Bonchev–Trinajstić information content (AvgIpc) is 2.66. The summed E-state index contributed by atoms with van der Waals surface area (Å²) < 4.78 is 78.7. The Morgan fingerprint density at radius 1 is 0.867 bits per heavy atom. The van der Waals surface area contributed by atoms with Gasteiger partial charge >= 0.3 is 12.1 Å². The summed E-state index contributed by atoms with van der Waals surface area (Å²) in [6, 6.07) is 4.27. The van der Waals surface area contributed by atoms with Crippen LogP contribution in [0.5, 0.6) is 0 Å². The molecule has 5 nitrogen and oxygen atoms in total. The summed E-state index contributed by atoms with van der Waals surface area (Å²) in [6.07, 6.45) is -5.74. The molecule has 0 saturated heterocycles. The maximum atomic E-state index is 14.2. The number of aromatic nitrogens is 1. The summed E-state index contributed by atoms with van der Waals surface area (Å²) in [5.74, 6) is -8.00. The lowest BCUT2D eigenvalue weighted by Crippen LogP contribution is -2.34. The molecule has 162 valence electrons. The summed E-state index contributed by atoms with van der Waals surface area (Å²) in [5.41, 5.74) is -1.74. The number of hydrogen-bond acceptors (Lipinski definition) is 3. The standard InChI is InChI=1S/C19H17F6N3O2/c1-3-16(29)27-14-8-11(9-15(26-14)28-17(30)4-2)10-5-6-12(13(20)7-10)18(21,22)19(23,24)25/h5-9H,3-4H2,1-2H3,(H2,26,27,28,29,30). The van der Waals surface area contributed by atoms with Crippen molar-refractivity contribution in [1.82, 2.24) is 4.98 Å². The molecule has 1 aromatic carbocycles. The summed E-state index contributed by atoms with van der Waals surface area (Å²) in [6.45, 7) is 3.15. The van der Waals surface area contributed by atoms with Crippen LogP contribution in [0.4, 0.5) is 38.0 Å². The van der Waals surface area contributed by atoms with Crippen LogP contribution in [0.3, 0.4) is 0 Å². The molecule has 0 atom stereocenters. The lowest BCUT2D eigenvalue weighted by Gasteiger charge is -2.20. The molecule has 1 aromatic heterocycles. The van der Waals surface area contributed by atoms with Crippen LogP contribution in [0, 0.1) is 5.82 Å². The third-order valence-corrected chi connectivity index (χ3v) is 4.00. The van der Waals surface area contributed by atoms with Gasteiger partial charge in [-0.2, -0.15) is 22.0 Å². The molecule has 0 aliphatic heterocycles. The van der Waals surface area contributed by atoms with Crippen molar-refractivity contribution in [3.63, 3.8) is 0 Å². The number of alkyl halides is 5. The fourth-order valence-electron chi connectivity index (χ4n) is 2.39. The highest BCUT2D eigenvalue weighted by Crippen LogP contribution is 2.45. The first-order chi connectivity index (χ1) is 13.9. The van der Waals surface area contributed by atoms with Gasteiger partial charge in [0.25, 0.3) is 0 Å². The SMILES string of the molecule is CCC(=O)Nc1cc(-c2ccc(C(F)(F)C(F)(F)F)c(F)c2)cc(NC(=O)CC)n1. The molecule has 0 aliphatic carbocycles. The molecule has 0 saturated carbocycles. The third kappa shape index (κ3) is 5.08. The van der Waals surface area contributed by atoms with Gasteiger partial charge in [-0.3, -0.25) is 9.59 Å². The first-order valence-corrected chi connectivity index (χ1v) is 8.75. The maximum Gasteiger partial charge on any atom is 0.458 e. The van der Waals surface area contributed by atoms with E-state index in [0.29, 0.717) is 12.1 Å². The lowest BCUT2D eigenvalue weighted by molar-refractivity contribution is -0.290. The fourth-order valence-corrected chi connectivity index (χ4v) is 2.39. The second-order valence-electron chi connectivity index (χ2n) is 6.20. The molecule has 2 N–H and O–H groups in total. The normalized spacial score (nSPS) is 11.9. The van der Waals surface area contributed by atoms with E-state index in [-0.39, 0.29) is 35.6 Å². The van der Waals surface area contributed by atoms with E-state index >= 15 is 0 Å². The Labute approximate surface area is 167 Å². The fraction of sp³-hybridized carbons (Fsp3) is 0.316.